The zero-order valence-electron chi connectivity index (χ0n) is 15.5. The van der Waals surface area contributed by atoms with E-state index >= 15 is 0 Å². The highest BCUT2D eigenvalue weighted by Gasteiger charge is 2.13. The van der Waals surface area contributed by atoms with E-state index in [0.29, 0.717) is 23.3 Å². The maximum atomic E-state index is 8.36. The minimum absolute atomic E-state index is 0.230. The summed E-state index contributed by atoms with van der Waals surface area (Å²) in [5.74, 6) is 0. The summed E-state index contributed by atoms with van der Waals surface area (Å²) in [5.41, 5.74) is 0.997. The Morgan fingerprint density at radius 3 is 2.47 bits per heavy atom. The van der Waals surface area contributed by atoms with Gasteiger partial charge < -0.3 is 14.5 Å². The highest BCUT2D eigenvalue weighted by molar-refractivity contribution is 8.00. The maximum absolute atomic E-state index is 8.36. The van der Waals surface area contributed by atoms with Crippen molar-refractivity contribution in [2.75, 3.05) is 6.61 Å². The van der Waals surface area contributed by atoms with E-state index in [-0.39, 0.29) is 5.25 Å². The van der Waals surface area contributed by atoms with Crippen LogP contribution in [-0.2, 0) is 17.9 Å². The molecule has 0 aliphatic rings. The minimum Gasteiger partial charge on any atom is -0.376 e. The van der Waals surface area contributed by atoms with Gasteiger partial charge in [0, 0.05) is 28.9 Å². The molecule has 1 unspecified atom stereocenters. The molecule has 1 heterocycles. The van der Waals surface area contributed by atoms with Crippen molar-refractivity contribution in [1.29, 1.82) is 0 Å². The number of thioether (sulfide) groups is 1. The molecule has 1 aromatic heterocycles. The van der Waals surface area contributed by atoms with Gasteiger partial charge in [0.25, 0.3) is 5.09 Å². The summed E-state index contributed by atoms with van der Waals surface area (Å²) >= 11 is 19.7. The number of rotatable bonds is 8. The van der Waals surface area contributed by atoms with Crippen molar-refractivity contribution in [3.63, 3.8) is 0 Å². The van der Waals surface area contributed by atoms with Crippen molar-refractivity contribution >= 4 is 46.6 Å². The summed E-state index contributed by atoms with van der Waals surface area (Å²) in [6, 6.07) is 13.4. The molecule has 2 aromatic carbocycles. The van der Waals surface area contributed by atoms with Crippen molar-refractivity contribution in [3.8, 4) is 0 Å². The summed E-state index contributed by atoms with van der Waals surface area (Å²) in [5, 5.41) is 15.7. The molecule has 11 heteroatoms. The Morgan fingerprint density at radius 2 is 1.87 bits per heavy atom. The van der Waals surface area contributed by atoms with Crippen molar-refractivity contribution in [2.24, 2.45) is 0 Å². The first-order chi connectivity index (χ1) is 14.3. The van der Waals surface area contributed by atoms with E-state index in [1.54, 1.807) is 24.0 Å². The van der Waals surface area contributed by atoms with Gasteiger partial charge in [-0.1, -0.05) is 40.9 Å². The van der Waals surface area contributed by atoms with Crippen LogP contribution in [0.3, 0.4) is 0 Å². The number of ether oxygens (including phenoxy) is 1. The van der Waals surface area contributed by atoms with Crippen LogP contribution in [0.1, 0.15) is 5.56 Å². The summed E-state index contributed by atoms with van der Waals surface area (Å²) < 4.78 is 7.99. The van der Waals surface area contributed by atoms with E-state index in [1.165, 1.54) is 0 Å². The van der Waals surface area contributed by atoms with Gasteiger partial charge in [0.15, 0.2) is 0 Å². The molecule has 3 rings (SSSR count). The normalized spacial score (nSPS) is 11.4. The van der Waals surface area contributed by atoms with Crippen molar-refractivity contribution in [2.45, 2.75) is 23.3 Å². The number of aromatic nitrogens is 2. The standard InChI is InChI=1S/C19H17Cl3N2OS.HNO3/c20-15-2-4-16(5-3-15)26-17(10-24-8-7-23-13-24)12-25-11-14-1-6-18(21)19(22)9-14;2-1(3)4/h1-9,13,17H,10-12H2;(H,2,3,4). The summed E-state index contributed by atoms with van der Waals surface area (Å²) in [4.78, 5) is 13.6. The molecule has 0 aliphatic carbocycles. The zero-order chi connectivity index (χ0) is 21.9. The third kappa shape index (κ3) is 9.23. The molecule has 160 valence electrons. The topological polar surface area (TPSA) is 90.4 Å². The Balaban J connectivity index is 0.000000735. The molecule has 3 aromatic rings. The van der Waals surface area contributed by atoms with Gasteiger partial charge in [-0.15, -0.1) is 21.9 Å². The van der Waals surface area contributed by atoms with E-state index in [4.69, 9.17) is 54.9 Å². The predicted octanol–water partition coefficient (Wildman–Crippen LogP) is 5.87. The number of nitrogens with zero attached hydrogens (tertiary/aromatic N) is 3. The van der Waals surface area contributed by atoms with Gasteiger partial charge in [-0.05, 0) is 42.0 Å². The first kappa shape index (κ1) is 24.3. The lowest BCUT2D eigenvalue weighted by molar-refractivity contribution is -0.742. The zero-order valence-corrected chi connectivity index (χ0v) is 18.6. The van der Waals surface area contributed by atoms with E-state index in [9.17, 15) is 0 Å². The lowest BCUT2D eigenvalue weighted by Gasteiger charge is -2.18. The van der Waals surface area contributed by atoms with Crippen molar-refractivity contribution < 1.29 is 15.0 Å². The molecule has 0 amide bonds. The lowest BCUT2D eigenvalue weighted by Crippen LogP contribution is -2.18. The Kier molecular flexibility index (Phi) is 10.3. The largest absolute Gasteiger partial charge is 0.376 e. The molecule has 30 heavy (non-hydrogen) atoms. The van der Waals surface area contributed by atoms with Crippen LogP contribution in [-0.4, -0.2) is 31.7 Å². The van der Waals surface area contributed by atoms with E-state index in [2.05, 4.69) is 9.55 Å². The van der Waals surface area contributed by atoms with Gasteiger partial charge in [0.2, 0.25) is 0 Å². The van der Waals surface area contributed by atoms with Crippen LogP contribution in [0.15, 0.2) is 66.1 Å². The molecular weight excluding hydrogens is 473 g/mol. The van der Waals surface area contributed by atoms with Crippen LogP contribution in [0.2, 0.25) is 15.1 Å². The van der Waals surface area contributed by atoms with Crippen LogP contribution in [0.25, 0.3) is 0 Å². The van der Waals surface area contributed by atoms with Gasteiger partial charge in [-0.25, -0.2) is 4.98 Å². The average Bonchev–Trinajstić information content (AvgIpc) is 3.19. The third-order valence-corrected chi connectivity index (χ3v) is 5.80. The maximum Gasteiger partial charge on any atom is 0.291 e. The molecule has 0 saturated carbocycles. The van der Waals surface area contributed by atoms with Crippen LogP contribution in [0.4, 0.5) is 0 Å². The molecule has 0 fully saturated rings. The fraction of sp³-hybridized carbons (Fsp3) is 0.211. The Morgan fingerprint density at radius 1 is 1.17 bits per heavy atom. The number of hydrogen-bond acceptors (Lipinski definition) is 5. The van der Waals surface area contributed by atoms with Gasteiger partial charge >= 0.3 is 0 Å². The third-order valence-electron chi connectivity index (χ3n) is 3.65. The second-order valence-electron chi connectivity index (χ2n) is 5.95. The summed E-state index contributed by atoms with van der Waals surface area (Å²) in [7, 11) is 0. The molecule has 0 spiro atoms. The smallest absolute Gasteiger partial charge is 0.291 e. The number of imidazole rings is 1. The number of halogens is 3. The predicted molar refractivity (Wildman–Crippen MR) is 118 cm³/mol. The number of benzene rings is 2. The molecule has 7 nitrogen and oxygen atoms in total. The highest BCUT2D eigenvalue weighted by Crippen LogP contribution is 2.27. The SMILES string of the molecule is Clc1ccc(SC(COCc2ccc(Cl)c(Cl)c2)Cn2ccnc2)cc1.O=[N+]([O-])O. The molecule has 0 bridgehead atoms. The molecular formula is C19H18Cl3N3O4S. The summed E-state index contributed by atoms with van der Waals surface area (Å²) in [6.45, 7) is 1.87. The van der Waals surface area contributed by atoms with Crippen molar-refractivity contribution in [3.05, 3.63) is 91.9 Å². The van der Waals surface area contributed by atoms with Crippen LogP contribution < -0.4 is 0 Å². The van der Waals surface area contributed by atoms with E-state index in [1.807, 2.05) is 48.9 Å². The van der Waals surface area contributed by atoms with Gasteiger partial charge in [0.05, 0.1) is 34.8 Å². The van der Waals surface area contributed by atoms with E-state index in [0.717, 1.165) is 22.0 Å². The van der Waals surface area contributed by atoms with Crippen LogP contribution in [0, 0.1) is 10.1 Å². The summed E-state index contributed by atoms with van der Waals surface area (Å²) in [6.07, 6.45) is 5.55. The fourth-order valence-corrected chi connectivity index (χ4v) is 3.93. The van der Waals surface area contributed by atoms with Crippen LogP contribution in [0.5, 0.6) is 0 Å². The second kappa shape index (κ2) is 12.7. The lowest BCUT2D eigenvalue weighted by atomic mass is 10.2. The van der Waals surface area contributed by atoms with Gasteiger partial charge in [-0.3, -0.25) is 0 Å². The molecule has 1 N–H and O–H groups in total. The first-order valence-electron chi connectivity index (χ1n) is 8.56. The average molecular weight is 491 g/mol. The molecule has 1 atom stereocenters. The molecule has 0 aliphatic heterocycles. The molecule has 0 radical (unpaired) electrons. The second-order valence-corrected chi connectivity index (χ2v) is 8.58. The molecule has 0 saturated heterocycles. The van der Waals surface area contributed by atoms with Gasteiger partial charge in [-0.2, -0.15) is 0 Å². The van der Waals surface area contributed by atoms with E-state index < -0.39 is 5.09 Å². The monoisotopic (exact) mass is 489 g/mol. The van der Waals surface area contributed by atoms with Gasteiger partial charge in [0.1, 0.15) is 0 Å². The Bertz CT molecular complexity index is 923. The quantitative estimate of drug-likeness (QED) is 0.241. The van der Waals surface area contributed by atoms with Crippen molar-refractivity contribution in [1.82, 2.24) is 9.55 Å². The Hall–Kier alpha value is -1.97. The number of hydrogen-bond donors (Lipinski definition) is 1. The first-order valence-corrected chi connectivity index (χ1v) is 10.6. The minimum atomic E-state index is -1.50. The highest BCUT2D eigenvalue weighted by atomic mass is 35.5. The fourth-order valence-electron chi connectivity index (χ4n) is 2.40. The van der Waals surface area contributed by atoms with Crippen LogP contribution >= 0.6 is 46.6 Å². The Labute approximate surface area is 192 Å².